The van der Waals surface area contributed by atoms with Crippen LogP contribution in [0.15, 0.2) is 90.6 Å². The van der Waals surface area contributed by atoms with Gasteiger partial charge in [-0.05, 0) is 71.7 Å². The Bertz CT molecular complexity index is 1270. The minimum atomic E-state index is -0.847. The number of alkyl carbamates (subject to hydrolysis) is 1. The molecule has 1 unspecified atom stereocenters. The quantitative estimate of drug-likeness (QED) is 0.312. The molecule has 0 spiro atoms. The molecule has 0 aliphatic heterocycles. The van der Waals surface area contributed by atoms with E-state index in [1.165, 1.54) is 0 Å². The molecule has 1 atom stereocenters. The number of carbonyl (C=O) groups excluding carboxylic acids is 1. The summed E-state index contributed by atoms with van der Waals surface area (Å²) in [5, 5.41) is 11.8. The summed E-state index contributed by atoms with van der Waals surface area (Å²) in [6.07, 6.45) is -0.0336. The first-order valence-electron chi connectivity index (χ1n) is 12.0. The molecule has 0 heterocycles. The predicted molar refractivity (Wildman–Crippen MR) is 144 cm³/mol. The van der Waals surface area contributed by atoms with Crippen molar-refractivity contribution in [2.75, 3.05) is 0 Å². The number of rotatable bonds is 9. The smallest absolute Gasteiger partial charge is 0.412 e. The maximum atomic E-state index is 12.8. The number of carboxylic acids is 1. The molecular weight excluding hydrogens is 450 g/mol. The van der Waals surface area contributed by atoms with Crippen molar-refractivity contribution in [2.45, 2.75) is 46.6 Å². The van der Waals surface area contributed by atoms with Gasteiger partial charge in [-0.1, -0.05) is 86.3 Å². The maximum Gasteiger partial charge on any atom is 0.412 e. The highest BCUT2D eigenvalue weighted by Crippen LogP contribution is 2.27. The van der Waals surface area contributed by atoms with Crippen LogP contribution in [0.25, 0.3) is 16.7 Å². The molecule has 0 aliphatic rings. The Balaban J connectivity index is 1.75. The molecule has 0 aliphatic carbocycles. The summed E-state index contributed by atoms with van der Waals surface area (Å²) in [6, 6.07) is 23.5. The summed E-state index contributed by atoms with van der Waals surface area (Å²) >= 11 is 0. The fraction of sp³-hybridized carbons (Fsp3) is 0.226. The number of ether oxygens (including phenoxy) is 1. The van der Waals surface area contributed by atoms with Crippen molar-refractivity contribution in [2.24, 2.45) is 0 Å². The molecule has 5 nitrogen and oxygen atoms in total. The first kappa shape index (κ1) is 26.5. The predicted octanol–water partition coefficient (Wildman–Crippen LogP) is 7.34. The highest BCUT2D eigenvalue weighted by atomic mass is 16.6. The van der Waals surface area contributed by atoms with E-state index in [1.54, 1.807) is 0 Å². The average molecular weight is 484 g/mol. The lowest BCUT2D eigenvalue weighted by atomic mass is 9.98. The molecule has 2 N–H and O–H groups in total. The van der Waals surface area contributed by atoms with Crippen LogP contribution in [-0.4, -0.2) is 17.2 Å². The van der Waals surface area contributed by atoms with Crippen LogP contribution in [0.2, 0.25) is 0 Å². The minimum absolute atomic E-state index is 0.00617. The third kappa shape index (κ3) is 6.72. The van der Waals surface area contributed by atoms with E-state index in [0.717, 1.165) is 50.9 Å². The van der Waals surface area contributed by atoms with Gasteiger partial charge in [0.05, 0.1) is 6.42 Å². The van der Waals surface area contributed by atoms with Crippen LogP contribution in [0, 0.1) is 0 Å². The van der Waals surface area contributed by atoms with E-state index in [9.17, 15) is 9.59 Å². The molecule has 0 saturated heterocycles. The number of allylic oxidation sites excluding steroid dienone is 2. The van der Waals surface area contributed by atoms with Crippen molar-refractivity contribution < 1.29 is 19.4 Å². The standard InChI is InChI=1S/C31H33NO4/c1-6-24-9-7-8-10-28(24)22(5)36-31(35)32-30(20(2)3)21(4)25-15-17-27(18-16-25)26-13-11-23(12-14-26)19-29(33)34/h7-18,22H,2,6,19H2,1,3-5H3,(H,32,35)(H,33,34)/b30-21-. The second-order valence-electron chi connectivity index (χ2n) is 8.85. The van der Waals surface area contributed by atoms with Crippen LogP contribution in [0.3, 0.4) is 0 Å². The summed E-state index contributed by atoms with van der Waals surface area (Å²) in [7, 11) is 0. The second-order valence-corrected chi connectivity index (χ2v) is 8.85. The average Bonchev–Trinajstić information content (AvgIpc) is 2.87. The van der Waals surface area contributed by atoms with Gasteiger partial charge in [-0.2, -0.15) is 0 Å². The van der Waals surface area contributed by atoms with Gasteiger partial charge in [-0.15, -0.1) is 0 Å². The fourth-order valence-corrected chi connectivity index (χ4v) is 4.18. The van der Waals surface area contributed by atoms with Crippen molar-refractivity contribution in [1.82, 2.24) is 5.32 Å². The number of amides is 1. The highest BCUT2D eigenvalue weighted by molar-refractivity contribution is 5.79. The Morgan fingerprint density at radius 2 is 1.53 bits per heavy atom. The SMILES string of the molecule is C=C(C)/C(NC(=O)OC(C)c1ccccc1CC)=C(\C)c1ccc(-c2ccc(CC(=O)O)cc2)cc1. The molecule has 0 aromatic heterocycles. The topological polar surface area (TPSA) is 75.6 Å². The number of aryl methyl sites for hydroxylation is 1. The van der Waals surface area contributed by atoms with Crippen LogP contribution in [0.1, 0.15) is 56.1 Å². The maximum absolute atomic E-state index is 12.8. The van der Waals surface area contributed by atoms with E-state index < -0.39 is 12.1 Å². The van der Waals surface area contributed by atoms with Crippen molar-refractivity contribution in [1.29, 1.82) is 0 Å². The Morgan fingerprint density at radius 3 is 2.08 bits per heavy atom. The van der Waals surface area contributed by atoms with Gasteiger partial charge in [0.2, 0.25) is 0 Å². The Labute approximate surface area is 213 Å². The largest absolute Gasteiger partial charge is 0.481 e. The van der Waals surface area contributed by atoms with E-state index in [0.29, 0.717) is 5.70 Å². The molecule has 5 heteroatoms. The number of hydrogen-bond donors (Lipinski definition) is 2. The molecule has 0 bridgehead atoms. The highest BCUT2D eigenvalue weighted by Gasteiger charge is 2.17. The molecule has 0 fully saturated rings. The number of benzene rings is 3. The van der Waals surface area contributed by atoms with E-state index >= 15 is 0 Å². The van der Waals surface area contributed by atoms with Crippen molar-refractivity contribution >= 4 is 17.6 Å². The normalized spacial score (nSPS) is 12.3. The lowest BCUT2D eigenvalue weighted by molar-refractivity contribution is -0.136. The molecule has 0 saturated carbocycles. The van der Waals surface area contributed by atoms with Gasteiger partial charge in [0.25, 0.3) is 0 Å². The molecule has 0 radical (unpaired) electrons. The van der Waals surface area contributed by atoms with Crippen LogP contribution < -0.4 is 5.32 Å². The van der Waals surface area contributed by atoms with E-state index in [-0.39, 0.29) is 12.5 Å². The van der Waals surface area contributed by atoms with Crippen LogP contribution in [0.4, 0.5) is 4.79 Å². The molecule has 186 valence electrons. The Morgan fingerprint density at radius 1 is 0.944 bits per heavy atom. The first-order chi connectivity index (χ1) is 17.2. The number of nitrogens with one attached hydrogen (secondary N) is 1. The van der Waals surface area contributed by atoms with Crippen molar-refractivity contribution in [3.63, 3.8) is 0 Å². The number of aliphatic carboxylic acids is 1. The first-order valence-corrected chi connectivity index (χ1v) is 12.0. The molecule has 1 amide bonds. The zero-order valence-corrected chi connectivity index (χ0v) is 21.3. The zero-order valence-electron chi connectivity index (χ0n) is 21.3. The molecule has 3 rings (SSSR count). The van der Waals surface area contributed by atoms with Gasteiger partial charge in [0.1, 0.15) is 6.10 Å². The van der Waals surface area contributed by atoms with E-state index in [2.05, 4.69) is 18.8 Å². The van der Waals surface area contributed by atoms with Gasteiger partial charge < -0.3 is 9.84 Å². The lowest BCUT2D eigenvalue weighted by Crippen LogP contribution is -2.26. The minimum Gasteiger partial charge on any atom is -0.481 e. The van der Waals surface area contributed by atoms with Crippen LogP contribution in [-0.2, 0) is 22.4 Å². The Kier molecular flexibility index (Phi) is 8.85. The lowest BCUT2D eigenvalue weighted by Gasteiger charge is -2.19. The molecule has 36 heavy (non-hydrogen) atoms. The van der Waals surface area contributed by atoms with Crippen molar-refractivity contribution in [3.8, 4) is 11.1 Å². The summed E-state index contributed by atoms with van der Waals surface area (Å²) in [4.78, 5) is 23.7. The monoisotopic (exact) mass is 483 g/mol. The zero-order chi connectivity index (χ0) is 26.2. The summed E-state index contributed by atoms with van der Waals surface area (Å²) < 4.78 is 5.69. The number of carboxylic acid groups (broad SMARTS) is 1. The Hall–Kier alpha value is -4.12. The summed E-state index contributed by atoms with van der Waals surface area (Å²) in [5.41, 5.74) is 8.11. The van der Waals surface area contributed by atoms with Gasteiger partial charge in [-0.25, -0.2) is 4.79 Å². The fourth-order valence-electron chi connectivity index (χ4n) is 4.18. The molecule has 3 aromatic rings. The van der Waals surface area contributed by atoms with E-state index in [1.807, 2.05) is 93.6 Å². The van der Waals surface area contributed by atoms with Crippen LogP contribution in [0.5, 0.6) is 0 Å². The van der Waals surface area contributed by atoms with Crippen LogP contribution >= 0.6 is 0 Å². The third-order valence-electron chi connectivity index (χ3n) is 6.15. The van der Waals surface area contributed by atoms with Crippen molar-refractivity contribution in [3.05, 3.63) is 113 Å². The number of hydrogen-bond acceptors (Lipinski definition) is 3. The molecule has 3 aromatic carbocycles. The van der Waals surface area contributed by atoms with E-state index in [4.69, 9.17) is 9.84 Å². The van der Waals surface area contributed by atoms with Gasteiger partial charge in [-0.3, -0.25) is 10.1 Å². The third-order valence-corrected chi connectivity index (χ3v) is 6.15. The van der Waals surface area contributed by atoms with Gasteiger partial charge in [0.15, 0.2) is 0 Å². The second kappa shape index (κ2) is 12.0. The molecular formula is C31H33NO4. The number of carbonyl (C=O) groups is 2. The summed E-state index contributed by atoms with van der Waals surface area (Å²) in [5.74, 6) is -0.847. The van der Waals surface area contributed by atoms with Gasteiger partial charge >= 0.3 is 12.1 Å². The summed E-state index contributed by atoms with van der Waals surface area (Å²) in [6.45, 7) is 11.8. The van der Waals surface area contributed by atoms with Gasteiger partial charge in [0, 0.05) is 5.70 Å².